The van der Waals surface area contributed by atoms with E-state index in [1.54, 1.807) is 0 Å². The van der Waals surface area contributed by atoms with E-state index in [4.69, 9.17) is 10.5 Å². The molecular weight excluding hydrogens is 454 g/mol. The highest BCUT2D eigenvalue weighted by Gasteiger charge is 2.48. The van der Waals surface area contributed by atoms with E-state index < -0.39 is 11.9 Å². The summed E-state index contributed by atoms with van der Waals surface area (Å²) in [5, 5.41) is 10.5. The van der Waals surface area contributed by atoms with Gasteiger partial charge in [0.05, 0.1) is 19.1 Å². The summed E-state index contributed by atoms with van der Waals surface area (Å²) in [5.41, 5.74) is 8.98. The zero-order chi connectivity index (χ0) is 26.5. The first-order valence-corrected chi connectivity index (χ1v) is 13.4. The van der Waals surface area contributed by atoms with Gasteiger partial charge in [0.1, 0.15) is 5.75 Å². The van der Waals surface area contributed by atoms with Crippen molar-refractivity contribution in [2.45, 2.75) is 72.3 Å². The van der Waals surface area contributed by atoms with Crippen molar-refractivity contribution < 1.29 is 19.4 Å². The number of rotatable bonds is 12. The fourth-order valence-electron chi connectivity index (χ4n) is 6.04. The number of hydrogen-bond donors (Lipinski definition) is 2. The van der Waals surface area contributed by atoms with Crippen molar-refractivity contribution in [3.8, 4) is 5.75 Å². The largest absolute Gasteiger partial charge is 0.493 e. The minimum absolute atomic E-state index is 0.0334. The zero-order valence-electron chi connectivity index (χ0n) is 22.8. The predicted octanol–water partition coefficient (Wildman–Crippen LogP) is 4.06. The van der Waals surface area contributed by atoms with Gasteiger partial charge in [-0.25, -0.2) is 0 Å². The van der Waals surface area contributed by atoms with E-state index in [0.717, 1.165) is 36.1 Å². The fourth-order valence-corrected chi connectivity index (χ4v) is 6.04. The first-order valence-electron chi connectivity index (χ1n) is 13.4. The maximum absolute atomic E-state index is 13.4. The third-order valence-corrected chi connectivity index (χ3v) is 7.46. The van der Waals surface area contributed by atoms with Crippen molar-refractivity contribution in [1.29, 1.82) is 0 Å². The second-order valence-electron chi connectivity index (χ2n) is 11.4. The molecule has 0 radical (unpaired) electrons. The van der Waals surface area contributed by atoms with E-state index in [1.807, 2.05) is 17.0 Å². The lowest BCUT2D eigenvalue weighted by Gasteiger charge is -2.34. The second kappa shape index (κ2) is 12.2. The Morgan fingerprint density at radius 3 is 2.67 bits per heavy atom. The number of carbonyl (C=O) groups excluding carboxylic acids is 1. The van der Waals surface area contributed by atoms with Gasteiger partial charge in [-0.1, -0.05) is 51.0 Å². The van der Waals surface area contributed by atoms with Crippen molar-refractivity contribution in [2.24, 2.45) is 17.1 Å². The number of carboxylic acid groups (broad SMARTS) is 1. The molecule has 0 spiro atoms. The molecule has 7 heteroatoms. The molecule has 3 N–H and O–H groups in total. The molecule has 1 fully saturated rings. The van der Waals surface area contributed by atoms with Gasteiger partial charge in [0.25, 0.3) is 0 Å². The Balaban J connectivity index is 1.94. The van der Waals surface area contributed by atoms with Crippen LogP contribution in [0.5, 0.6) is 5.75 Å². The van der Waals surface area contributed by atoms with E-state index in [9.17, 15) is 14.7 Å². The molecule has 3 unspecified atom stereocenters. The summed E-state index contributed by atoms with van der Waals surface area (Å²) in [6.07, 6.45) is 5.66. The molecule has 1 saturated heterocycles. The number of nitrogens with two attached hydrogens (primary N) is 1. The molecule has 0 bridgehead atoms. The van der Waals surface area contributed by atoms with Crippen LogP contribution in [-0.4, -0.2) is 72.2 Å². The Bertz CT molecular complexity index is 954. The van der Waals surface area contributed by atoms with Gasteiger partial charge in [-0.05, 0) is 49.3 Å². The highest BCUT2D eigenvalue weighted by atomic mass is 16.5. The van der Waals surface area contributed by atoms with E-state index in [1.165, 1.54) is 5.57 Å². The normalized spacial score (nSPS) is 21.7. The number of benzene rings is 1. The number of carboxylic acids is 1. The summed E-state index contributed by atoms with van der Waals surface area (Å²) >= 11 is 0. The van der Waals surface area contributed by atoms with Gasteiger partial charge in [-0.3, -0.25) is 14.5 Å². The molecule has 1 amide bonds. The van der Waals surface area contributed by atoms with Gasteiger partial charge in [0, 0.05) is 44.6 Å². The third-order valence-electron chi connectivity index (χ3n) is 7.46. The number of carbonyl (C=O) groups is 2. The quantitative estimate of drug-likeness (QED) is 0.421. The average Bonchev–Trinajstić information content (AvgIpc) is 3.39. The number of nitrogens with zero attached hydrogens (tertiary/aromatic N) is 2. The molecule has 2 aliphatic rings. The molecule has 2 aliphatic heterocycles. The van der Waals surface area contributed by atoms with Crippen molar-refractivity contribution in [1.82, 2.24) is 9.80 Å². The lowest BCUT2D eigenvalue weighted by Crippen LogP contribution is -2.46. The number of unbranched alkanes of at least 4 members (excludes halogenated alkanes) is 1. The standard InChI is InChI=1S/C29H45N3O4/c1-6-7-12-31(13-11-30)26(33)19-32-18-23(21-8-9-25-22(15-21)10-14-36-25)27(28(34)35)24(32)17-29(4,5)16-20(2)3/h8-9,15-16,23-24,27H,6-7,10-14,17-19,30H2,1-5H3,(H,34,35). The predicted molar refractivity (Wildman–Crippen MR) is 143 cm³/mol. The van der Waals surface area contributed by atoms with Gasteiger partial charge in [0.15, 0.2) is 0 Å². The molecule has 0 aromatic heterocycles. The zero-order valence-corrected chi connectivity index (χ0v) is 22.8. The number of ether oxygens (including phenoxy) is 1. The Labute approximate surface area is 216 Å². The summed E-state index contributed by atoms with van der Waals surface area (Å²) in [7, 11) is 0. The Hall–Kier alpha value is -2.38. The molecule has 7 nitrogen and oxygen atoms in total. The highest BCUT2D eigenvalue weighted by Crippen LogP contribution is 2.44. The van der Waals surface area contributed by atoms with Crippen molar-refractivity contribution in [2.75, 3.05) is 39.3 Å². The lowest BCUT2D eigenvalue weighted by atomic mass is 9.77. The molecule has 2 heterocycles. The highest BCUT2D eigenvalue weighted by molar-refractivity contribution is 5.79. The number of amides is 1. The molecular formula is C29H45N3O4. The van der Waals surface area contributed by atoms with Crippen LogP contribution in [0.25, 0.3) is 0 Å². The maximum Gasteiger partial charge on any atom is 0.308 e. The number of likely N-dealkylation sites (tertiary alicyclic amines) is 1. The van der Waals surface area contributed by atoms with E-state index in [2.05, 4.69) is 51.7 Å². The SMILES string of the molecule is CCCCN(CCN)C(=O)CN1CC(c2ccc3c(c2)CCO3)C(C(=O)O)C1CC(C)(C)C=C(C)C. The molecule has 36 heavy (non-hydrogen) atoms. The Morgan fingerprint density at radius 1 is 1.28 bits per heavy atom. The molecule has 1 aromatic rings. The molecule has 3 rings (SSSR count). The summed E-state index contributed by atoms with van der Waals surface area (Å²) in [4.78, 5) is 30.2. The second-order valence-corrected chi connectivity index (χ2v) is 11.4. The molecule has 200 valence electrons. The Kier molecular flexibility index (Phi) is 9.59. The summed E-state index contributed by atoms with van der Waals surface area (Å²) in [6.45, 7) is 13.6. The minimum atomic E-state index is -0.797. The lowest BCUT2D eigenvalue weighted by molar-refractivity contribution is -0.144. The first kappa shape index (κ1) is 28.2. The van der Waals surface area contributed by atoms with Crippen molar-refractivity contribution in [3.05, 3.63) is 41.0 Å². The molecule has 3 atom stereocenters. The van der Waals surface area contributed by atoms with E-state index >= 15 is 0 Å². The first-order chi connectivity index (χ1) is 17.1. The van der Waals surface area contributed by atoms with Crippen molar-refractivity contribution in [3.63, 3.8) is 0 Å². The summed E-state index contributed by atoms with van der Waals surface area (Å²) < 4.78 is 5.68. The third kappa shape index (κ3) is 6.88. The van der Waals surface area contributed by atoms with Crippen LogP contribution in [0.2, 0.25) is 0 Å². The van der Waals surface area contributed by atoms with Crippen LogP contribution in [0.1, 0.15) is 70.9 Å². The van der Waals surface area contributed by atoms with Gasteiger partial charge < -0.3 is 20.5 Å². The average molecular weight is 500 g/mol. The van der Waals surface area contributed by atoms with Gasteiger partial charge in [-0.15, -0.1) is 0 Å². The summed E-state index contributed by atoms with van der Waals surface area (Å²) in [6, 6.07) is 5.85. The number of hydrogen-bond acceptors (Lipinski definition) is 5. The van der Waals surface area contributed by atoms with Crippen LogP contribution in [0.15, 0.2) is 29.8 Å². The van der Waals surface area contributed by atoms with Crippen LogP contribution in [0.4, 0.5) is 0 Å². The fraction of sp³-hybridized carbons (Fsp3) is 0.655. The van der Waals surface area contributed by atoms with E-state index in [-0.39, 0.29) is 29.8 Å². The van der Waals surface area contributed by atoms with Crippen LogP contribution >= 0.6 is 0 Å². The number of fused-ring (bicyclic) bond motifs is 1. The maximum atomic E-state index is 13.4. The van der Waals surface area contributed by atoms with Crippen LogP contribution in [0.3, 0.4) is 0 Å². The van der Waals surface area contributed by atoms with Gasteiger partial charge in [0.2, 0.25) is 5.91 Å². The van der Waals surface area contributed by atoms with E-state index in [0.29, 0.717) is 39.2 Å². The Morgan fingerprint density at radius 2 is 2.03 bits per heavy atom. The molecule has 1 aromatic carbocycles. The monoisotopic (exact) mass is 499 g/mol. The molecule has 0 aliphatic carbocycles. The van der Waals surface area contributed by atoms with Crippen LogP contribution < -0.4 is 10.5 Å². The van der Waals surface area contributed by atoms with Crippen LogP contribution in [0, 0.1) is 11.3 Å². The molecule has 0 saturated carbocycles. The van der Waals surface area contributed by atoms with Crippen LogP contribution in [-0.2, 0) is 16.0 Å². The smallest absolute Gasteiger partial charge is 0.308 e. The van der Waals surface area contributed by atoms with Gasteiger partial charge in [-0.2, -0.15) is 0 Å². The number of allylic oxidation sites excluding steroid dienone is 2. The van der Waals surface area contributed by atoms with Gasteiger partial charge >= 0.3 is 5.97 Å². The topological polar surface area (TPSA) is 96.1 Å². The number of aliphatic carboxylic acids is 1. The minimum Gasteiger partial charge on any atom is -0.493 e. The summed E-state index contributed by atoms with van der Waals surface area (Å²) in [5.74, 6) is -0.653. The van der Waals surface area contributed by atoms with Crippen molar-refractivity contribution >= 4 is 11.9 Å².